The normalized spacial score (nSPS) is 12.9. The molecular weight excluding hydrogens is 855 g/mol. The molecule has 7 rings (SSSR count). The van der Waals surface area contributed by atoms with Gasteiger partial charge in [-0.2, -0.15) is 0 Å². The molecular formula is C63H77NSi3. The third-order valence-electron chi connectivity index (χ3n) is 16.9. The van der Waals surface area contributed by atoms with Crippen LogP contribution in [0.1, 0.15) is 147 Å². The van der Waals surface area contributed by atoms with Crippen molar-refractivity contribution in [2.75, 3.05) is 0 Å². The summed E-state index contributed by atoms with van der Waals surface area (Å²) in [6.45, 7) is 43.4. The number of terminal acetylenes is 1. The summed E-state index contributed by atoms with van der Waals surface area (Å²) in [7, 11) is -6.42. The Balaban J connectivity index is 1.83. The largest absolute Gasteiger partial charge is 0.354 e. The van der Waals surface area contributed by atoms with Crippen LogP contribution in [0, 0.1) is 46.7 Å². The third kappa shape index (κ3) is 7.81. The second-order valence-corrected chi connectivity index (χ2v) is 39.4. The molecule has 0 aliphatic rings. The molecule has 1 N–H and O–H groups in total. The van der Waals surface area contributed by atoms with Crippen LogP contribution in [0.15, 0.2) is 72.8 Å². The Labute approximate surface area is 408 Å². The summed E-state index contributed by atoms with van der Waals surface area (Å²) in [6, 6.07) is 26.8. The summed E-state index contributed by atoms with van der Waals surface area (Å²) in [5.41, 5.74) is 23.5. The van der Waals surface area contributed by atoms with E-state index in [1.807, 2.05) is 0 Å². The molecule has 0 atom stereocenters. The smallest absolute Gasteiger partial charge is 0.146 e. The highest BCUT2D eigenvalue weighted by atomic mass is 28.3. The highest BCUT2D eigenvalue weighted by molar-refractivity contribution is 6.91. The Hall–Kier alpha value is -4.95. The monoisotopic (exact) mass is 932 g/mol. The van der Waals surface area contributed by atoms with Crippen molar-refractivity contribution in [3.8, 4) is 46.7 Å². The minimum atomic E-state index is -2.16. The van der Waals surface area contributed by atoms with Gasteiger partial charge in [-0.25, -0.2) is 0 Å². The lowest BCUT2D eigenvalue weighted by atomic mass is 9.87. The maximum absolute atomic E-state index is 6.60. The first kappa shape index (κ1) is 49.9. The summed E-state index contributed by atoms with van der Waals surface area (Å²) in [5.74, 6) is 15.4. The number of hydrogen-bond donors (Lipinski definition) is 1. The topological polar surface area (TPSA) is 15.8 Å². The fraction of sp³-hybridized carbons (Fsp3) is 0.429. The van der Waals surface area contributed by atoms with Crippen molar-refractivity contribution in [2.45, 2.75) is 174 Å². The maximum atomic E-state index is 6.60. The molecule has 0 saturated heterocycles. The van der Waals surface area contributed by atoms with Gasteiger partial charge in [-0.05, 0) is 94.3 Å². The maximum Gasteiger partial charge on any atom is 0.146 e. The van der Waals surface area contributed by atoms with Crippen LogP contribution >= 0.6 is 0 Å². The van der Waals surface area contributed by atoms with Crippen LogP contribution in [0.4, 0.5) is 0 Å². The molecule has 1 heterocycles. The van der Waals surface area contributed by atoms with E-state index in [0.29, 0.717) is 49.9 Å². The molecule has 0 fully saturated rings. The second-order valence-electron chi connectivity index (χ2n) is 22.6. The Bertz CT molecular complexity index is 3220. The number of fused-ring (bicyclic) bond motifs is 9. The molecule has 4 heteroatoms. The first-order chi connectivity index (χ1) is 31.6. The van der Waals surface area contributed by atoms with Gasteiger partial charge in [-0.1, -0.05) is 209 Å². The van der Waals surface area contributed by atoms with Crippen molar-refractivity contribution in [3.05, 3.63) is 95.1 Å². The van der Waals surface area contributed by atoms with Gasteiger partial charge in [0.1, 0.15) is 24.2 Å². The van der Waals surface area contributed by atoms with Crippen molar-refractivity contribution in [3.63, 3.8) is 0 Å². The van der Waals surface area contributed by atoms with E-state index >= 15 is 0 Å². The molecule has 67 heavy (non-hydrogen) atoms. The van der Waals surface area contributed by atoms with Crippen LogP contribution < -0.4 is 0 Å². The lowest BCUT2D eigenvalue weighted by molar-refractivity contribution is 0.838. The molecule has 0 amide bonds. The van der Waals surface area contributed by atoms with Crippen LogP contribution in [0.2, 0.25) is 49.9 Å². The predicted molar refractivity (Wildman–Crippen MR) is 308 cm³/mol. The average molecular weight is 933 g/mol. The molecule has 1 nitrogen and oxygen atoms in total. The third-order valence-corrected chi connectivity index (χ3v) is 35.7. The van der Waals surface area contributed by atoms with Crippen molar-refractivity contribution in [1.29, 1.82) is 0 Å². The quantitative estimate of drug-likeness (QED) is 0.0843. The van der Waals surface area contributed by atoms with Gasteiger partial charge in [0, 0.05) is 54.8 Å². The highest BCUT2D eigenvalue weighted by Gasteiger charge is 2.44. The molecule has 7 aromatic rings. The number of benzene rings is 6. The van der Waals surface area contributed by atoms with Gasteiger partial charge in [-0.3, -0.25) is 0 Å². The standard InChI is InChI=1S/C63H77NSi3/c1-20-48-49-25-21-23-27-51(49)56(34-37-66(42(8)9,43(10)11)44(12)13)60-54(48)29-31-58-62(60)63-59(64-58)32-30-55-53(33-36-65(39(2)3,40(4)5)41(6)7)50-26-22-24-28-52(50)57(61(55)63)35-38-67(45(14)15,46(16)17)47(18)19/h1,21-32,39-47,64H,2-19H3. The number of aromatic nitrogens is 1. The van der Waals surface area contributed by atoms with Gasteiger partial charge in [0.25, 0.3) is 0 Å². The fourth-order valence-electron chi connectivity index (χ4n) is 13.8. The zero-order chi connectivity index (χ0) is 49.1. The van der Waals surface area contributed by atoms with E-state index < -0.39 is 24.2 Å². The fourth-order valence-corrected chi connectivity index (χ4v) is 29.4. The summed E-state index contributed by atoms with van der Waals surface area (Å²) in [4.78, 5) is 3.97. The molecule has 0 spiro atoms. The predicted octanol–water partition coefficient (Wildman–Crippen LogP) is 18.6. The van der Waals surface area contributed by atoms with Crippen LogP contribution in [0.5, 0.6) is 0 Å². The highest BCUT2D eigenvalue weighted by Crippen LogP contribution is 2.48. The minimum absolute atomic E-state index is 0.496. The van der Waals surface area contributed by atoms with Gasteiger partial charge in [0.15, 0.2) is 0 Å². The number of H-pyrrole nitrogens is 1. The second kappa shape index (κ2) is 18.9. The van der Waals surface area contributed by atoms with Gasteiger partial charge in [0.2, 0.25) is 0 Å². The number of hydrogen-bond acceptors (Lipinski definition) is 0. The van der Waals surface area contributed by atoms with Gasteiger partial charge < -0.3 is 4.98 Å². The van der Waals surface area contributed by atoms with E-state index in [9.17, 15) is 0 Å². The lowest BCUT2D eigenvalue weighted by Crippen LogP contribution is -2.43. The Morgan fingerprint density at radius 3 is 0.896 bits per heavy atom. The molecule has 346 valence electrons. The molecule has 0 unspecified atom stereocenters. The summed E-state index contributed by atoms with van der Waals surface area (Å²) in [5, 5.41) is 11.5. The van der Waals surface area contributed by atoms with Gasteiger partial charge in [0.05, 0.1) is 0 Å². The van der Waals surface area contributed by atoms with Gasteiger partial charge >= 0.3 is 0 Å². The molecule has 0 radical (unpaired) electrons. The van der Waals surface area contributed by atoms with Crippen LogP contribution in [0.25, 0.3) is 64.9 Å². The molecule has 0 aliphatic carbocycles. The first-order valence-electron chi connectivity index (χ1n) is 25.5. The Kier molecular flexibility index (Phi) is 14.1. The summed E-state index contributed by atoms with van der Waals surface area (Å²) < 4.78 is 0. The zero-order valence-corrected chi connectivity index (χ0v) is 47.2. The van der Waals surface area contributed by atoms with Crippen LogP contribution in [0.3, 0.4) is 0 Å². The molecule has 0 aliphatic heterocycles. The molecule has 1 aromatic heterocycles. The average Bonchev–Trinajstić information content (AvgIpc) is 3.65. The summed E-state index contributed by atoms with van der Waals surface area (Å²) >= 11 is 0. The van der Waals surface area contributed by atoms with Crippen LogP contribution in [-0.4, -0.2) is 29.2 Å². The first-order valence-corrected chi connectivity index (χ1v) is 32.2. The zero-order valence-electron chi connectivity index (χ0n) is 44.2. The SMILES string of the molecule is C#Cc1c2ccccc2c(C#C[Si](C(C)C)(C(C)C)C(C)C)c2c1ccc1[nH]c3ccc4c(C#C[Si](C(C)C)(C(C)C)C(C)C)c5ccccc5c(C#C[Si](C(C)C)(C(C)C)C(C)C)c4c3c12. The lowest BCUT2D eigenvalue weighted by Gasteiger charge is -2.38. The van der Waals surface area contributed by atoms with Crippen molar-refractivity contribution < 1.29 is 0 Å². The Morgan fingerprint density at radius 1 is 0.328 bits per heavy atom. The van der Waals surface area contributed by atoms with Crippen LogP contribution in [-0.2, 0) is 0 Å². The molecule has 0 saturated carbocycles. The van der Waals surface area contributed by atoms with Gasteiger partial charge in [-0.15, -0.1) is 23.1 Å². The number of rotatable bonds is 9. The van der Waals surface area contributed by atoms with E-state index in [0.717, 1.165) is 54.8 Å². The van der Waals surface area contributed by atoms with Crippen molar-refractivity contribution in [1.82, 2.24) is 4.98 Å². The van der Waals surface area contributed by atoms with E-state index in [1.54, 1.807) is 0 Å². The summed E-state index contributed by atoms with van der Waals surface area (Å²) in [6.07, 6.45) is 6.60. The van der Waals surface area contributed by atoms with E-state index in [-0.39, 0.29) is 0 Å². The minimum Gasteiger partial charge on any atom is -0.354 e. The number of aromatic amines is 1. The molecule has 0 bridgehead atoms. The van der Waals surface area contributed by atoms with Crippen molar-refractivity contribution >= 4 is 89.1 Å². The van der Waals surface area contributed by atoms with Crippen molar-refractivity contribution in [2.24, 2.45) is 0 Å². The van der Waals surface area contributed by atoms with E-state index in [4.69, 9.17) is 6.42 Å². The number of nitrogens with one attached hydrogen (secondary N) is 1. The molecule has 6 aromatic carbocycles. The Morgan fingerprint density at radius 2 is 0.597 bits per heavy atom. The van der Waals surface area contributed by atoms with E-state index in [1.165, 1.54) is 32.3 Å². The van der Waals surface area contributed by atoms with E-state index in [2.05, 4.69) is 243 Å².